The van der Waals surface area contributed by atoms with Crippen LogP contribution in [-0.2, 0) is 6.42 Å². The molecule has 2 heterocycles. The van der Waals surface area contributed by atoms with Crippen molar-refractivity contribution in [1.82, 2.24) is 14.6 Å². The number of terminal acetylenes is 1. The van der Waals surface area contributed by atoms with Gasteiger partial charge in [0, 0.05) is 30.4 Å². The van der Waals surface area contributed by atoms with Crippen LogP contribution in [0.1, 0.15) is 5.56 Å². The number of fused-ring (bicyclic) bond motifs is 1. The van der Waals surface area contributed by atoms with E-state index < -0.39 is 0 Å². The first kappa shape index (κ1) is 6.86. The Morgan fingerprint density at radius 3 is 3.33 bits per heavy atom. The van der Waals surface area contributed by atoms with E-state index in [1.165, 1.54) is 0 Å². The summed E-state index contributed by atoms with van der Waals surface area (Å²) >= 11 is 0. The van der Waals surface area contributed by atoms with Gasteiger partial charge in [0.05, 0.1) is 6.20 Å². The Kier molecular flexibility index (Phi) is 1.52. The van der Waals surface area contributed by atoms with Gasteiger partial charge in [0.15, 0.2) is 5.65 Å². The van der Waals surface area contributed by atoms with Gasteiger partial charge in [0.1, 0.15) is 0 Å². The Morgan fingerprint density at radius 1 is 1.58 bits per heavy atom. The van der Waals surface area contributed by atoms with Crippen LogP contribution in [0.3, 0.4) is 0 Å². The van der Waals surface area contributed by atoms with Gasteiger partial charge in [-0.1, -0.05) is 0 Å². The second-order valence-electron chi connectivity index (χ2n) is 2.48. The van der Waals surface area contributed by atoms with Crippen LogP contribution in [-0.4, -0.2) is 14.6 Å². The lowest BCUT2D eigenvalue weighted by atomic mass is 10.2. The maximum atomic E-state index is 5.17. The van der Waals surface area contributed by atoms with Crippen molar-refractivity contribution in [2.45, 2.75) is 6.42 Å². The van der Waals surface area contributed by atoms with Crippen LogP contribution >= 0.6 is 0 Å². The third kappa shape index (κ3) is 1.04. The number of hydrogen-bond acceptors (Lipinski definition) is 2. The zero-order valence-electron chi connectivity index (χ0n) is 6.44. The minimum Gasteiger partial charge on any atom is -0.237 e. The fraction of sp³-hybridized carbons (Fsp3) is 0.111. The minimum atomic E-state index is 0.600. The molecule has 58 valence electrons. The molecule has 0 amide bonds. The molecule has 0 spiro atoms. The highest BCUT2D eigenvalue weighted by atomic mass is 15.2. The predicted molar refractivity (Wildman–Crippen MR) is 45.5 cm³/mol. The highest BCUT2D eigenvalue weighted by Crippen LogP contribution is 2.01. The molecule has 0 atom stereocenters. The predicted octanol–water partition coefficient (Wildman–Crippen LogP) is 0.905. The van der Waals surface area contributed by atoms with Gasteiger partial charge in [0.25, 0.3) is 0 Å². The smallest absolute Gasteiger partial charge is 0.154 e. The van der Waals surface area contributed by atoms with Crippen molar-refractivity contribution in [2.24, 2.45) is 0 Å². The summed E-state index contributed by atoms with van der Waals surface area (Å²) in [5.74, 6) is 2.56. The van der Waals surface area contributed by atoms with Gasteiger partial charge >= 0.3 is 0 Å². The molecule has 0 aliphatic rings. The normalized spacial score (nSPS) is 9.92. The Morgan fingerprint density at radius 2 is 2.50 bits per heavy atom. The molecule has 12 heavy (non-hydrogen) atoms. The molecule has 0 N–H and O–H groups in total. The number of aromatic nitrogens is 3. The van der Waals surface area contributed by atoms with Crippen molar-refractivity contribution in [3.63, 3.8) is 0 Å². The van der Waals surface area contributed by atoms with Crippen LogP contribution in [0.15, 0.2) is 24.7 Å². The highest BCUT2D eigenvalue weighted by Gasteiger charge is 1.95. The lowest BCUT2D eigenvalue weighted by molar-refractivity contribution is 0.922. The van der Waals surface area contributed by atoms with E-state index in [4.69, 9.17) is 6.42 Å². The van der Waals surface area contributed by atoms with Crippen molar-refractivity contribution < 1.29 is 0 Å². The van der Waals surface area contributed by atoms with Gasteiger partial charge in [-0.25, -0.2) is 9.50 Å². The third-order valence-electron chi connectivity index (χ3n) is 1.61. The van der Waals surface area contributed by atoms with Crippen molar-refractivity contribution >= 4 is 5.65 Å². The van der Waals surface area contributed by atoms with Crippen LogP contribution in [0, 0.1) is 12.3 Å². The standard InChI is InChI=1S/C9H7N3/c1-2-3-8-6-10-9-4-5-11-12(9)7-8/h1,4-7H,3H2. The van der Waals surface area contributed by atoms with Crippen molar-refractivity contribution in [1.29, 1.82) is 0 Å². The zero-order chi connectivity index (χ0) is 8.39. The number of hydrogen-bond donors (Lipinski definition) is 0. The lowest BCUT2D eigenvalue weighted by Gasteiger charge is -1.95. The molecule has 0 bridgehead atoms. The average Bonchev–Trinajstić information content (AvgIpc) is 2.51. The van der Waals surface area contributed by atoms with Crippen molar-refractivity contribution in [2.75, 3.05) is 0 Å². The number of nitrogens with zero attached hydrogens (tertiary/aromatic N) is 3. The molecule has 3 nitrogen and oxygen atoms in total. The van der Waals surface area contributed by atoms with Crippen molar-refractivity contribution in [3.05, 3.63) is 30.2 Å². The van der Waals surface area contributed by atoms with Crippen LogP contribution in [0.25, 0.3) is 5.65 Å². The molecular formula is C9H7N3. The summed E-state index contributed by atoms with van der Waals surface area (Å²) in [5.41, 5.74) is 1.85. The van der Waals surface area contributed by atoms with E-state index in [9.17, 15) is 0 Å². The molecule has 0 saturated heterocycles. The molecule has 0 saturated carbocycles. The van der Waals surface area contributed by atoms with E-state index in [0.717, 1.165) is 11.2 Å². The first-order chi connectivity index (χ1) is 5.90. The van der Waals surface area contributed by atoms with Gasteiger partial charge in [0.2, 0.25) is 0 Å². The molecule has 2 aromatic heterocycles. The largest absolute Gasteiger partial charge is 0.237 e. The van der Waals surface area contributed by atoms with Gasteiger partial charge in [-0.05, 0) is 0 Å². The zero-order valence-corrected chi connectivity index (χ0v) is 6.44. The lowest BCUT2D eigenvalue weighted by Crippen LogP contribution is -1.92. The summed E-state index contributed by atoms with van der Waals surface area (Å²) in [6.45, 7) is 0. The van der Waals surface area contributed by atoms with E-state index in [2.05, 4.69) is 16.0 Å². The Bertz CT molecular complexity index is 436. The van der Waals surface area contributed by atoms with Crippen molar-refractivity contribution in [3.8, 4) is 12.3 Å². The Balaban J connectivity index is 2.54. The third-order valence-corrected chi connectivity index (χ3v) is 1.61. The van der Waals surface area contributed by atoms with Gasteiger partial charge in [-0.3, -0.25) is 0 Å². The summed E-state index contributed by atoms with van der Waals surface area (Å²) in [6.07, 6.45) is 11.1. The molecule has 2 aromatic rings. The van der Waals surface area contributed by atoms with Crippen LogP contribution in [0.2, 0.25) is 0 Å². The summed E-state index contributed by atoms with van der Waals surface area (Å²) < 4.78 is 1.71. The molecule has 0 fully saturated rings. The van der Waals surface area contributed by atoms with Crippen LogP contribution < -0.4 is 0 Å². The maximum Gasteiger partial charge on any atom is 0.154 e. The Hall–Kier alpha value is -1.82. The summed E-state index contributed by atoms with van der Waals surface area (Å²) in [7, 11) is 0. The molecule has 0 aliphatic heterocycles. The molecule has 2 rings (SSSR count). The van der Waals surface area contributed by atoms with E-state index in [1.54, 1.807) is 16.9 Å². The fourth-order valence-electron chi connectivity index (χ4n) is 1.06. The molecule has 0 aliphatic carbocycles. The highest BCUT2D eigenvalue weighted by molar-refractivity contribution is 5.36. The SMILES string of the molecule is C#CCc1cnc2ccnn2c1. The molecule has 3 heteroatoms. The van der Waals surface area contributed by atoms with E-state index in [1.807, 2.05) is 12.3 Å². The Labute approximate surface area is 70.1 Å². The summed E-state index contributed by atoms with van der Waals surface area (Å²) in [6, 6.07) is 1.85. The summed E-state index contributed by atoms with van der Waals surface area (Å²) in [5, 5.41) is 4.05. The number of rotatable bonds is 1. The van der Waals surface area contributed by atoms with E-state index >= 15 is 0 Å². The van der Waals surface area contributed by atoms with E-state index in [-0.39, 0.29) is 0 Å². The molecular weight excluding hydrogens is 150 g/mol. The van der Waals surface area contributed by atoms with Gasteiger partial charge < -0.3 is 0 Å². The quantitative estimate of drug-likeness (QED) is 0.576. The molecule has 0 radical (unpaired) electrons. The van der Waals surface area contributed by atoms with Crippen LogP contribution in [0.4, 0.5) is 0 Å². The molecule has 0 unspecified atom stereocenters. The summed E-state index contributed by atoms with van der Waals surface area (Å²) in [4.78, 5) is 4.16. The monoisotopic (exact) mass is 157 g/mol. The minimum absolute atomic E-state index is 0.600. The van der Waals surface area contributed by atoms with Gasteiger partial charge in [-0.15, -0.1) is 12.3 Å². The maximum absolute atomic E-state index is 5.17. The van der Waals surface area contributed by atoms with Crippen LogP contribution in [0.5, 0.6) is 0 Å². The second-order valence-corrected chi connectivity index (χ2v) is 2.48. The molecule has 0 aromatic carbocycles. The fourth-order valence-corrected chi connectivity index (χ4v) is 1.06. The first-order valence-electron chi connectivity index (χ1n) is 3.62. The topological polar surface area (TPSA) is 30.2 Å². The first-order valence-corrected chi connectivity index (χ1v) is 3.62. The van der Waals surface area contributed by atoms with Gasteiger partial charge in [-0.2, -0.15) is 5.10 Å². The second kappa shape index (κ2) is 2.67. The average molecular weight is 157 g/mol. The van der Waals surface area contributed by atoms with E-state index in [0.29, 0.717) is 6.42 Å².